The number of fused-ring (bicyclic) bond motifs is 1. The molecular formula is C15H22O2. The van der Waals surface area contributed by atoms with Crippen molar-refractivity contribution < 1.29 is 9.59 Å². The van der Waals surface area contributed by atoms with Crippen molar-refractivity contribution in [1.29, 1.82) is 0 Å². The summed E-state index contributed by atoms with van der Waals surface area (Å²) in [4.78, 5) is 23.7. The maximum atomic E-state index is 12.3. The third-order valence-corrected chi connectivity index (χ3v) is 4.97. The highest BCUT2D eigenvalue weighted by Crippen LogP contribution is 2.57. The van der Waals surface area contributed by atoms with Crippen LogP contribution in [0, 0.1) is 22.7 Å². The van der Waals surface area contributed by atoms with Gasteiger partial charge in [0.25, 0.3) is 0 Å². The standard InChI is InChI=1S/C15H22O2/c1-10-8-12(17)13-14(2,3)6-5-7-15(13,4)11(10)9-16/h8-9,11,13H,5-7H2,1-4H3/t11-,13-,15+/m0/s1. The second-order valence-corrected chi connectivity index (χ2v) is 6.69. The average molecular weight is 234 g/mol. The zero-order valence-corrected chi connectivity index (χ0v) is 11.2. The summed E-state index contributed by atoms with van der Waals surface area (Å²) < 4.78 is 0. The van der Waals surface area contributed by atoms with E-state index in [2.05, 4.69) is 20.8 Å². The highest BCUT2D eigenvalue weighted by molar-refractivity contribution is 5.96. The normalized spacial score (nSPS) is 40.5. The van der Waals surface area contributed by atoms with E-state index in [9.17, 15) is 9.59 Å². The maximum Gasteiger partial charge on any atom is 0.159 e. The quantitative estimate of drug-likeness (QED) is 0.653. The van der Waals surface area contributed by atoms with E-state index in [1.807, 2.05) is 6.92 Å². The highest BCUT2D eigenvalue weighted by atomic mass is 16.1. The summed E-state index contributed by atoms with van der Waals surface area (Å²) in [6.07, 6.45) is 5.94. The van der Waals surface area contributed by atoms with Crippen molar-refractivity contribution in [3.8, 4) is 0 Å². The zero-order valence-electron chi connectivity index (χ0n) is 11.2. The molecule has 1 saturated carbocycles. The molecule has 0 unspecified atom stereocenters. The number of hydrogen-bond acceptors (Lipinski definition) is 2. The summed E-state index contributed by atoms with van der Waals surface area (Å²) in [5, 5.41) is 0. The molecule has 2 nitrogen and oxygen atoms in total. The van der Waals surface area contributed by atoms with Crippen molar-refractivity contribution in [3.63, 3.8) is 0 Å². The molecule has 17 heavy (non-hydrogen) atoms. The monoisotopic (exact) mass is 234 g/mol. The minimum atomic E-state index is -0.167. The van der Waals surface area contributed by atoms with Crippen molar-refractivity contribution in [2.24, 2.45) is 22.7 Å². The molecule has 0 bridgehead atoms. The summed E-state index contributed by atoms with van der Waals surface area (Å²) in [5.41, 5.74) is 0.795. The van der Waals surface area contributed by atoms with Crippen LogP contribution in [0.15, 0.2) is 11.6 Å². The van der Waals surface area contributed by atoms with Gasteiger partial charge in [-0.2, -0.15) is 0 Å². The van der Waals surface area contributed by atoms with E-state index in [0.717, 1.165) is 31.1 Å². The van der Waals surface area contributed by atoms with Gasteiger partial charge in [0.05, 0.1) is 0 Å². The fourth-order valence-electron chi connectivity index (χ4n) is 4.33. The molecular weight excluding hydrogens is 212 g/mol. The first-order valence-corrected chi connectivity index (χ1v) is 6.50. The molecule has 94 valence electrons. The molecule has 2 rings (SSSR count). The van der Waals surface area contributed by atoms with Gasteiger partial charge in [-0.3, -0.25) is 4.79 Å². The Morgan fingerprint density at radius 2 is 1.94 bits per heavy atom. The van der Waals surface area contributed by atoms with E-state index in [1.165, 1.54) is 0 Å². The first-order chi connectivity index (χ1) is 7.83. The Morgan fingerprint density at radius 1 is 1.29 bits per heavy atom. The van der Waals surface area contributed by atoms with E-state index < -0.39 is 0 Å². The second kappa shape index (κ2) is 3.79. The molecule has 3 atom stereocenters. The van der Waals surface area contributed by atoms with Gasteiger partial charge >= 0.3 is 0 Å². The van der Waals surface area contributed by atoms with Gasteiger partial charge in [0.2, 0.25) is 0 Å². The summed E-state index contributed by atoms with van der Waals surface area (Å²) in [6.45, 7) is 8.39. The van der Waals surface area contributed by atoms with Crippen LogP contribution in [0.1, 0.15) is 47.0 Å². The molecule has 0 aromatic rings. The molecule has 0 heterocycles. The van der Waals surface area contributed by atoms with Crippen molar-refractivity contribution >= 4 is 12.1 Å². The fourth-order valence-corrected chi connectivity index (χ4v) is 4.33. The first kappa shape index (κ1) is 12.5. The number of rotatable bonds is 1. The van der Waals surface area contributed by atoms with Crippen LogP contribution in [-0.4, -0.2) is 12.1 Å². The van der Waals surface area contributed by atoms with E-state index in [4.69, 9.17) is 0 Å². The van der Waals surface area contributed by atoms with Crippen LogP contribution in [0.25, 0.3) is 0 Å². The lowest BCUT2D eigenvalue weighted by molar-refractivity contribution is -0.138. The lowest BCUT2D eigenvalue weighted by atomic mass is 9.48. The van der Waals surface area contributed by atoms with Gasteiger partial charge in [0.15, 0.2) is 5.78 Å². The third-order valence-electron chi connectivity index (χ3n) is 4.97. The number of hydrogen-bond donors (Lipinski definition) is 0. The van der Waals surface area contributed by atoms with Crippen molar-refractivity contribution in [1.82, 2.24) is 0 Å². The van der Waals surface area contributed by atoms with Gasteiger partial charge in [-0.25, -0.2) is 0 Å². The van der Waals surface area contributed by atoms with Crippen molar-refractivity contribution in [2.75, 3.05) is 0 Å². The number of aldehydes is 1. The smallest absolute Gasteiger partial charge is 0.159 e. The highest BCUT2D eigenvalue weighted by Gasteiger charge is 2.55. The number of carbonyl (C=O) groups excluding carboxylic acids is 2. The van der Waals surface area contributed by atoms with Crippen LogP contribution < -0.4 is 0 Å². The van der Waals surface area contributed by atoms with Crippen LogP contribution in [0.3, 0.4) is 0 Å². The van der Waals surface area contributed by atoms with Crippen LogP contribution in [-0.2, 0) is 9.59 Å². The molecule has 0 aliphatic heterocycles. The van der Waals surface area contributed by atoms with E-state index in [0.29, 0.717) is 0 Å². The Labute approximate surface area is 103 Å². The topological polar surface area (TPSA) is 34.1 Å². The molecule has 0 saturated heterocycles. The Balaban J connectivity index is 2.55. The predicted octanol–water partition coefficient (Wildman–Crippen LogP) is 3.16. The van der Waals surface area contributed by atoms with Crippen molar-refractivity contribution in [3.05, 3.63) is 11.6 Å². The van der Waals surface area contributed by atoms with Gasteiger partial charge < -0.3 is 4.79 Å². The lowest BCUT2D eigenvalue weighted by Gasteiger charge is -2.54. The minimum absolute atomic E-state index is 0.00245. The summed E-state index contributed by atoms with van der Waals surface area (Å²) in [6, 6.07) is 0. The van der Waals surface area contributed by atoms with Crippen LogP contribution >= 0.6 is 0 Å². The van der Waals surface area contributed by atoms with Crippen LogP contribution in [0.2, 0.25) is 0 Å². The van der Waals surface area contributed by atoms with Gasteiger partial charge in [-0.1, -0.05) is 32.8 Å². The Hall–Kier alpha value is -0.920. The molecule has 2 heteroatoms. The van der Waals surface area contributed by atoms with Gasteiger partial charge in [-0.15, -0.1) is 0 Å². The third kappa shape index (κ3) is 1.69. The molecule has 0 spiro atoms. The van der Waals surface area contributed by atoms with E-state index in [1.54, 1.807) is 6.08 Å². The molecule has 0 N–H and O–H groups in total. The van der Waals surface area contributed by atoms with Crippen LogP contribution in [0.5, 0.6) is 0 Å². The molecule has 2 aliphatic carbocycles. The van der Waals surface area contributed by atoms with Crippen LogP contribution in [0.4, 0.5) is 0 Å². The average Bonchev–Trinajstić information content (AvgIpc) is 2.14. The summed E-state index contributed by atoms with van der Waals surface area (Å²) in [7, 11) is 0. The van der Waals surface area contributed by atoms with E-state index >= 15 is 0 Å². The maximum absolute atomic E-state index is 12.3. The van der Waals surface area contributed by atoms with E-state index in [-0.39, 0.29) is 28.4 Å². The Morgan fingerprint density at radius 3 is 2.53 bits per heavy atom. The van der Waals surface area contributed by atoms with Gasteiger partial charge in [0, 0.05) is 11.8 Å². The summed E-state index contributed by atoms with van der Waals surface area (Å²) >= 11 is 0. The van der Waals surface area contributed by atoms with Gasteiger partial charge in [0.1, 0.15) is 6.29 Å². The summed E-state index contributed by atoms with van der Waals surface area (Å²) in [5.74, 6) is 0.153. The Kier molecular flexibility index (Phi) is 2.80. The fraction of sp³-hybridized carbons (Fsp3) is 0.733. The number of allylic oxidation sites excluding steroid dienone is 2. The molecule has 0 amide bonds. The molecule has 0 aromatic carbocycles. The first-order valence-electron chi connectivity index (χ1n) is 6.50. The predicted molar refractivity (Wildman–Crippen MR) is 67.5 cm³/mol. The number of carbonyl (C=O) groups is 2. The Bertz CT molecular complexity index is 392. The molecule has 2 aliphatic rings. The molecule has 1 fully saturated rings. The zero-order chi connectivity index (χ0) is 12.8. The lowest BCUT2D eigenvalue weighted by Crippen LogP contribution is -2.52. The van der Waals surface area contributed by atoms with Crippen molar-refractivity contribution in [2.45, 2.75) is 47.0 Å². The molecule has 0 aromatic heterocycles. The number of ketones is 1. The SMILES string of the molecule is CC1=CC(=O)[C@H]2C(C)(C)CCC[C@]2(C)[C@H]1C=O. The second-order valence-electron chi connectivity index (χ2n) is 6.69. The van der Waals surface area contributed by atoms with Gasteiger partial charge in [-0.05, 0) is 36.7 Å². The largest absolute Gasteiger partial charge is 0.303 e. The molecule has 0 radical (unpaired) electrons. The minimum Gasteiger partial charge on any atom is -0.303 e.